The van der Waals surface area contributed by atoms with E-state index in [9.17, 15) is 30.0 Å². The van der Waals surface area contributed by atoms with E-state index >= 15 is 0 Å². The quantitative estimate of drug-likeness (QED) is 0.207. The average molecular weight is 909 g/mol. The average Bonchev–Trinajstić information content (AvgIpc) is 3.96. The summed E-state index contributed by atoms with van der Waals surface area (Å²) in [4.78, 5) is 29.6. The standard InChI is InChI=1S/C45H72N4O13S/c1-11-35-31(22-58-45-43(57-10)42(56-9)39(54)28(6)60-45)18-24(2)12-13-33(50)25(3)19-29(14-16-49-21-32(46-47-49)30-15-17-63-23-30)41(26(4)34(51)20-36(52)61-35)62-44-40(55)37(48(7)8)38(53)27(5)59-44/h12-13,15,17-18,23,25-29,31-32,34-35,37-45,51,53-55H,11,14,16,19-22H2,1-10H3/b13-12+,24-18+/t25-,26+,27-,28-,29+,31-,32?,34-,35-,37+,38-,39-,40-,41-,42-,43-,44+,45-/m1/s1. The van der Waals surface area contributed by atoms with Crippen LogP contribution >= 0.6 is 11.3 Å². The fourth-order valence-corrected chi connectivity index (χ4v) is 9.89. The van der Waals surface area contributed by atoms with Crippen molar-refractivity contribution >= 4 is 23.1 Å². The third-order valence-corrected chi connectivity index (χ3v) is 13.8. The summed E-state index contributed by atoms with van der Waals surface area (Å²) in [7, 11) is 6.48. The molecule has 4 aliphatic rings. The van der Waals surface area contributed by atoms with E-state index in [0.29, 0.717) is 32.4 Å². The summed E-state index contributed by atoms with van der Waals surface area (Å²) >= 11 is 1.60. The third kappa shape index (κ3) is 13.0. The van der Waals surface area contributed by atoms with Crippen molar-refractivity contribution in [3.63, 3.8) is 0 Å². The second kappa shape index (κ2) is 23.6. The lowest BCUT2D eigenvalue weighted by Crippen LogP contribution is -2.63. The minimum Gasteiger partial charge on any atom is -0.462 e. The first-order valence-electron chi connectivity index (χ1n) is 22.3. The van der Waals surface area contributed by atoms with Gasteiger partial charge in [0.05, 0.1) is 56.1 Å². The van der Waals surface area contributed by atoms with Gasteiger partial charge in [-0.1, -0.05) is 43.7 Å². The molecule has 0 amide bonds. The SMILES string of the molecule is CC[C@H]1OC(=O)C[C@@H](O)[C@H](C)[C@@H](O[C@@H]2O[C@H](C)[C@@H](O)[C@H](N(C)C)[C@H]2O)[C@@H](CCN2CC(c3ccsc3)N=N2)C[C@@H](C)C(=O)/C=C/C(C)=C/[C@@H]1CO[C@@H]1O[C@H](C)[C@@H](O)[C@@H](OC)[C@H]1OC. The summed E-state index contributed by atoms with van der Waals surface area (Å²) in [6.45, 7) is 11.9. The van der Waals surface area contributed by atoms with Crippen molar-refractivity contribution in [2.75, 3.05) is 48.0 Å². The number of aliphatic hydroxyl groups excluding tert-OH is 4. The highest BCUT2D eigenvalue weighted by molar-refractivity contribution is 7.08. The van der Waals surface area contributed by atoms with Crippen LogP contribution < -0.4 is 0 Å². The van der Waals surface area contributed by atoms with Crippen molar-refractivity contribution in [3.05, 3.63) is 46.2 Å². The van der Waals surface area contributed by atoms with Crippen LogP contribution in [0.5, 0.6) is 0 Å². The van der Waals surface area contributed by atoms with Gasteiger partial charge in [-0.3, -0.25) is 14.6 Å². The Labute approximate surface area is 376 Å². The number of likely N-dealkylation sites (N-methyl/N-ethyl adjacent to an activating group) is 1. The van der Waals surface area contributed by atoms with Crippen molar-refractivity contribution in [1.82, 2.24) is 9.91 Å². The highest BCUT2D eigenvalue weighted by atomic mass is 32.1. The molecule has 1 aromatic rings. The molecule has 4 N–H and O–H groups in total. The van der Waals surface area contributed by atoms with Crippen LogP contribution in [0, 0.1) is 23.7 Å². The Bertz CT molecular complexity index is 1680. The summed E-state index contributed by atoms with van der Waals surface area (Å²) in [6, 6.07) is 1.22. The van der Waals surface area contributed by atoms with Crippen molar-refractivity contribution in [2.45, 2.75) is 153 Å². The fourth-order valence-electron chi connectivity index (χ4n) is 9.18. The molecular formula is C45H72N4O13S. The first kappa shape index (κ1) is 51.3. The van der Waals surface area contributed by atoms with E-state index in [0.717, 1.165) is 11.1 Å². The van der Waals surface area contributed by atoms with Crippen LogP contribution in [0.1, 0.15) is 78.8 Å². The number of thiophene rings is 1. The molecular weight excluding hydrogens is 837 g/mol. The molecule has 0 aliphatic carbocycles. The molecule has 63 heavy (non-hydrogen) atoms. The number of ketones is 1. The maximum Gasteiger partial charge on any atom is 0.308 e. The summed E-state index contributed by atoms with van der Waals surface area (Å²) in [5.41, 5.74) is 1.82. The Morgan fingerprint density at radius 3 is 2.29 bits per heavy atom. The topological polar surface area (TPSA) is 211 Å². The molecule has 0 bridgehead atoms. The molecule has 0 saturated carbocycles. The molecule has 18 atom stereocenters. The first-order valence-corrected chi connectivity index (χ1v) is 23.2. The molecule has 5 heterocycles. The van der Waals surface area contributed by atoms with E-state index in [4.69, 9.17) is 33.2 Å². The Morgan fingerprint density at radius 2 is 1.63 bits per heavy atom. The number of nitrogens with zero attached hydrogens (tertiary/aromatic N) is 4. The molecule has 356 valence electrons. The maximum atomic E-state index is 14.0. The molecule has 17 nitrogen and oxygen atoms in total. The fraction of sp³-hybridized carbons (Fsp3) is 0.778. The number of hydrogen-bond donors (Lipinski definition) is 4. The van der Waals surface area contributed by atoms with Gasteiger partial charge in [0.2, 0.25) is 0 Å². The number of esters is 1. The van der Waals surface area contributed by atoms with E-state index < -0.39 is 109 Å². The van der Waals surface area contributed by atoms with Gasteiger partial charge in [0.25, 0.3) is 0 Å². The van der Waals surface area contributed by atoms with E-state index in [-0.39, 0.29) is 24.9 Å². The van der Waals surface area contributed by atoms with Gasteiger partial charge in [-0.15, -0.1) is 0 Å². The molecule has 2 saturated heterocycles. The summed E-state index contributed by atoms with van der Waals surface area (Å²) in [5, 5.41) is 60.2. The lowest BCUT2D eigenvalue weighted by molar-refractivity contribution is -0.304. The van der Waals surface area contributed by atoms with Gasteiger partial charge in [-0.25, -0.2) is 0 Å². The van der Waals surface area contributed by atoms with Crippen LogP contribution in [0.3, 0.4) is 0 Å². The third-order valence-electron chi connectivity index (χ3n) is 13.1. The highest BCUT2D eigenvalue weighted by Gasteiger charge is 2.48. The monoisotopic (exact) mass is 908 g/mol. The number of ether oxygens (including phenoxy) is 7. The summed E-state index contributed by atoms with van der Waals surface area (Å²) in [6.07, 6.45) is -4.91. The van der Waals surface area contributed by atoms with Crippen LogP contribution in [0.25, 0.3) is 0 Å². The summed E-state index contributed by atoms with van der Waals surface area (Å²) < 4.78 is 42.5. The predicted octanol–water partition coefficient (Wildman–Crippen LogP) is 3.85. The number of aliphatic hydroxyl groups is 4. The highest BCUT2D eigenvalue weighted by Crippen LogP contribution is 2.36. The molecule has 0 radical (unpaired) electrons. The van der Waals surface area contributed by atoms with Gasteiger partial charge in [-0.05, 0) is 88.5 Å². The Balaban J connectivity index is 1.45. The summed E-state index contributed by atoms with van der Waals surface area (Å²) in [5.74, 6) is -2.90. The van der Waals surface area contributed by atoms with Gasteiger partial charge < -0.3 is 58.5 Å². The Hall–Kier alpha value is -2.72. The number of rotatable bonds is 13. The first-order chi connectivity index (χ1) is 30.0. The normalized spacial score (nSPS) is 41.4. The van der Waals surface area contributed by atoms with Gasteiger partial charge in [0, 0.05) is 38.5 Å². The second-order valence-corrected chi connectivity index (χ2v) is 18.7. The van der Waals surface area contributed by atoms with Gasteiger partial charge in [0.15, 0.2) is 18.4 Å². The Kier molecular flexibility index (Phi) is 19.2. The van der Waals surface area contributed by atoms with Crippen LogP contribution in [0.2, 0.25) is 0 Å². The number of allylic oxidation sites excluding steroid dienone is 3. The van der Waals surface area contributed by atoms with Crippen molar-refractivity contribution in [1.29, 1.82) is 0 Å². The maximum absolute atomic E-state index is 14.0. The van der Waals surface area contributed by atoms with E-state index in [1.807, 2.05) is 43.3 Å². The van der Waals surface area contributed by atoms with Gasteiger partial charge in [0.1, 0.15) is 36.6 Å². The number of methoxy groups -OCH3 is 2. The van der Waals surface area contributed by atoms with Crippen LogP contribution in [-0.2, 0) is 42.7 Å². The van der Waals surface area contributed by atoms with E-state index in [2.05, 4.69) is 15.7 Å². The van der Waals surface area contributed by atoms with Crippen LogP contribution in [0.15, 0.2) is 51.0 Å². The van der Waals surface area contributed by atoms with Crippen molar-refractivity contribution in [2.24, 2.45) is 34.0 Å². The number of carbonyl (C=O) groups is 2. The number of carbonyl (C=O) groups excluding carboxylic acids is 2. The smallest absolute Gasteiger partial charge is 0.308 e. The lowest BCUT2D eigenvalue weighted by atomic mass is 9.79. The molecule has 0 spiro atoms. The minimum absolute atomic E-state index is 0.0248. The lowest BCUT2D eigenvalue weighted by Gasteiger charge is -2.46. The zero-order valence-corrected chi connectivity index (χ0v) is 39.3. The molecule has 5 rings (SSSR count). The molecule has 1 aromatic heterocycles. The van der Waals surface area contributed by atoms with Gasteiger partial charge >= 0.3 is 5.97 Å². The zero-order chi connectivity index (χ0) is 46.1. The zero-order valence-electron chi connectivity index (χ0n) is 38.5. The largest absolute Gasteiger partial charge is 0.462 e. The molecule has 2 fully saturated rings. The second-order valence-electron chi connectivity index (χ2n) is 17.9. The van der Waals surface area contributed by atoms with Crippen molar-refractivity contribution in [3.8, 4) is 0 Å². The van der Waals surface area contributed by atoms with Crippen molar-refractivity contribution < 1.29 is 63.2 Å². The predicted molar refractivity (Wildman–Crippen MR) is 233 cm³/mol. The molecule has 4 aliphatic heterocycles. The Morgan fingerprint density at radius 1 is 0.937 bits per heavy atom. The van der Waals surface area contributed by atoms with Gasteiger partial charge in [-0.2, -0.15) is 16.5 Å². The molecule has 18 heteroatoms. The number of hydrogen-bond acceptors (Lipinski definition) is 18. The van der Waals surface area contributed by atoms with E-state index in [1.54, 1.807) is 63.3 Å². The molecule has 0 aromatic carbocycles. The van der Waals surface area contributed by atoms with Crippen LogP contribution in [-0.4, -0.2) is 170 Å². The molecule has 1 unspecified atom stereocenters. The van der Waals surface area contributed by atoms with Crippen LogP contribution in [0.4, 0.5) is 0 Å². The minimum atomic E-state index is -1.27. The number of cyclic esters (lactones) is 1. The van der Waals surface area contributed by atoms with E-state index in [1.165, 1.54) is 14.2 Å².